The molecule has 2 heterocycles. The van der Waals surface area contributed by atoms with Crippen molar-refractivity contribution < 1.29 is 13.5 Å². The van der Waals surface area contributed by atoms with Gasteiger partial charge in [0.15, 0.2) is 0 Å². The normalized spacial score (nSPS) is 25.7. The number of hydrogen-bond donors (Lipinski definition) is 1. The number of sulfonamides is 1. The van der Waals surface area contributed by atoms with Gasteiger partial charge in [0.2, 0.25) is 0 Å². The van der Waals surface area contributed by atoms with Gasteiger partial charge in [0.1, 0.15) is 4.21 Å². The Morgan fingerprint density at radius 3 is 2.74 bits per heavy atom. The van der Waals surface area contributed by atoms with Crippen LogP contribution < -0.4 is 0 Å². The first kappa shape index (κ1) is 15.3. The summed E-state index contributed by atoms with van der Waals surface area (Å²) >= 11 is 2.99. The Hall–Kier alpha value is -0.0800. The average molecular weight is 321 g/mol. The lowest BCUT2D eigenvalue weighted by Crippen LogP contribution is -2.47. The molecule has 1 N–H and O–H groups in total. The van der Waals surface area contributed by atoms with Gasteiger partial charge in [-0.1, -0.05) is 6.92 Å². The molecule has 0 saturated carbocycles. The molecule has 4 nitrogen and oxygen atoms in total. The molecule has 2 rings (SSSR count). The van der Waals surface area contributed by atoms with E-state index in [1.807, 2.05) is 25.6 Å². The smallest absolute Gasteiger partial charge is 0.252 e. The Labute approximate surface area is 122 Å². The minimum Gasteiger partial charge on any atom is -0.391 e. The Morgan fingerprint density at radius 2 is 2.16 bits per heavy atom. The molecular weight excluding hydrogens is 302 g/mol. The number of thioether (sulfide) groups is 1. The number of rotatable bonds is 3. The predicted molar refractivity (Wildman–Crippen MR) is 80.3 cm³/mol. The van der Waals surface area contributed by atoms with E-state index in [0.29, 0.717) is 16.0 Å². The summed E-state index contributed by atoms with van der Waals surface area (Å²) in [5.41, 5.74) is 0.846. The molecule has 1 aromatic heterocycles. The molecule has 0 bridgehead atoms. The van der Waals surface area contributed by atoms with Crippen LogP contribution in [0.25, 0.3) is 0 Å². The fourth-order valence-electron chi connectivity index (χ4n) is 2.13. The number of nitrogens with zero attached hydrogens (tertiary/aromatic N) is 1. The van der Waals surface area contributed by atoms with Gasteiger partial charge in [0.25, 0.3) is 10.0 Å². The Morgan fingerprint density at radius 1 is 1.47 bits per heavy atom. The van der Waals surface area contributed by atoms with E-state index in [1.165, 1.54) is 11.3 Å². The highest BCUT2D eigenvalue weighted by Crippen LogP contribution is 2.33. The second-order valence-corrected chi connectivity index (χ2v) is 9.50. The summed E-state index contributed by atoms with van der Waals surface area (Å²) in [5, 5.41) is 9.51. The Balaban J connectivity index is 2.35. The van der Waals surface area contributed by atoms with Crippen molar-refractivity contribution in [2.24, 2.45) is 0 Å². The summed E-state index contributed by atoms with van der Waals surface area (Å²) in [4.78, 5) is 0.727. The van der Waals surface area contributed by atoms with Gasteiger partial charge in [0.05, 0.1) is 6.61 Å². The summed E-state index contributed by atoms with van der Waals surface area (Å²) < 4.78 is 27.3. The van der Waals surface area contributed by atoms with E-state index in [9.17, 15) is 13.5 Å². The molecule has 1 aliphatic rings. The van der Waals surface area contributed by atoms with Crippen LogP contribution in [0.5, 0.6) is 0 Å². The van der Waals surface area contributed by atoms with Gasteiger partial charge in [-0.05, 0) is 25.5 Å². The minimum absolute atomic E-state index is 0.00346. The van der Waals surface area contributed by atoms with E-state index in [0.717, 1.165) is 16.2 Å². The van der Waals surface area contributed by atoms with E-state index in [2.05, 4.69) is 6.92 Å². The lowest BCUT2D eigenvalue weighted by Gasteiger charge is -2.35. The zero-order chi connectivity index (χ0) is 14.2. The second kappa shape index (κ2) is 5.73. The lowest BCUT2D eigenvalue weighted by atomic mass is 10.2. The zero-order valence-corrected chi connectivity index (χ0v) is 13.7. The molecule has 0 aliphatic carbocycles. The van der Waals surface area contributed by atoms with Crippen molar-refractivity contribution in [3.05, 3.63) is 16.5 Å². The van der Waals surface area contributed by atoms with Gasteiger partial charge in [-0.3, -0.25) is 0 Å². The molecule has 1 saturated heterocycles. The number of aryl methyl sites for hydroxylation is 1. The van der Waals surface area contributed by atoms with Crippen LogP contribution in [0, 0.1) is 6.92 Å². The number of aliphatic hydroxyl groups excluding tert-OH is 1. The quantitative estimate of drug-likeness (QED) is 0.926. The van der Waals surface area contributed by atoms with E-state index in [4.69, 9.17) is 0 Å². The Kier molecular flexibility index (Phi) is 4.62. The molecule has 2 atom stereocenters. The van der Waals surface area contributed by atoms with Crippen LogP contribution >= 0.6 is 23.1 Å². The fraction of sp³-hybridized carbons (Fsp3) is 0.667. The molecule has 0 amide bonds. The van der Waals surface area contributed by atoms with Crippen LogP contribution in [0.3, 0.4) is 0 Å². The van der Waals surface area contributed by atoms with Gasteiger partial charge < -0.3 is 5.11 Å². The molecule has 1 fully saturated rings. The van der Waals surface area contributed by atoms with Gasteiger partial charge in [-0.2, -0.15) is 16.1 Å². The number of thiophene rings is 1. The third-order valence-electron chi connectivity index (χ3n) is 3.53. The molecular formula is C12H19NO3S3. The monoisotopic (exact) mass is 321 g/mol. The third kappa shape index (κ3) is 2.85. The van der Waals surface area contributed by atoms with Crippen molar-refractivity contribution in [2.45, 2.75) is 42.9 Å². The average Bonchev–Trinajstić information content (AvgIpc) is 2.74. The molecule has 1 aliphatic heterocycles. The van der Waals surface area contributed by atoms with E-state index >= 15 is 0 Å². The molecule has 1 aromatic rings. The Bertz CT molecular complexity index is 553. The maximum atomic E-state index is 12.7. The first-order valence-electron chi connectivity index (χ1n) is 6.21. The molecule has 108 valence electrons. The zero-order valence-electron chi connectivity index (χ0n) is 11.3. The first-order chi connectivity index (χ1) is 8.87. The molecule has 19 heavy (non-hydrogen) atoms. The van der Waals surface area contributed by atoms with E-state index < -0.39 is 10.0 Å². The van der Waals surface area contributed by atoms with Crippen LogP contribution in [0.15, 0.2) is 10.3 Å². The third-order valence-corrected chi connectivity index (χ3v) is 8.53. The highest BCUT2D eigenvalue weighted by Gasteiger charge is 2.35. The molecule has 7 heteroatoms. The standard InChI is InChI=1S/C12H19NO3S3/c1-8-6-12(18-11(8)7-14)19(15,16)13-4-5-17-10(3)9(13)2/h6,9-10,14H,4-5,7H2,1-3H3. The van der Waals surface area contributed by atoms with Crippen LogP contribution in [0.1, 0.15) is 24.3 Å². The van der Waals surface area contributed by atoms with Crippen molar-refractivity contribution in [1.82, 2.24) is 4.31 Å². The summed E-state index contributed by atoms with van der Waals surface area (Å²) in [6.07, 6.45) is 0. The summed E-state index contributed by atoms with van der Waals surface area (Å²) in [6, 6.07) is 1.67. The molecule has 0 radical (unpaired) electrons. The number of hydrogen-bond acceptors (Lipinski definition) is 5. The fourth-order valence-corrected chi connectivity index (χ4v) is 6.71. The summed E-state index contributed by atoms with van der Waals surface area (Å²) in [5.74, 6) is 0.835. The van der Waals surface area contributed by atoms with Crippen molar-refractivity contribution >= 4 is 33.1 Å². The van der Waals surface area contributed by atoms with Crippen LogP contribution in [-0.4, -0.2) is 41.4 Å². The van der Waals surface area contributed by atoms with Crippen molar-refractivity contribution in [3.63, 3.8) is 0 Å². The maximum absolute atomic E-state index is 12.7. The van der Waals surface area contributed by atoms with Gasteiger partial charge in [0, 0.05) is 28.5 Å². The second-order valence-electron chi connectivity index (χ2n) is 4.76. The summed E-state index contributed by atoms with van der Waals surface area (Å²) in [7, 11) is -3.43. The highest BCUT2D eigenvalue weighted by molar-refractivity contribution is 8.00. The molecule has 2 unspecified atom stereocenters. The van der Waals surface area contributed by atoms with E-state index in [-0.39, 0.29) is 12.6 Å². The topological polar surface area (TPSA) is 57.6 Å². The van der Waals surface area contributed by atoms with Gasteiger partial charge in [-0.25, -0.2) is 8.42 Å². The SMILES string of the molecule is Cc1cc(S(=O)(=O)N2CCSC(C)C2C)sc1CO. The van der Waals surface area contributed by atoms with Crippen molar-refractivity contribution in [2.75, 3.05) is 12.3 Å². The molecule has 0 spiro atoms. The largest absolute Gasteiger partial charge is 0.391 e. The van der Waals surface area contributed by atoms with Crippen molar-refractivity contribution in [1.29, 1.82) is 0 Å². The first-order valence-corrected chi connectivity index (χ1v) is 9.52. The van der Waals surface area contributed by atoms with Crippen LogP contribution in [-0.2, 0) is 16.6 Å². The number of aliphatic hydroxyl groups is 1. The molecule has 0 aromatic carbocycles. The summed E-state index contributed by atoms with van der Waals surface area (Å²) in [6.45, 7) is 6.31. The van der Waals surface area contributed by atoms with E-state index in [1.54, 1.807) is 10.4 Å². The predicted octanol–water partition coefficient (Wildman–Crippen LogP) is 2.06. The lowest BCUT2D eigenvalue weighted by molar-refractivity contribution is 0.285. The maximum Gasteiger partial charge on any atom is 0.252 e. The minimum atomic E-state index is -3.43. The highest BCUT2D eigenvalue weighted by atomic mass is 32.2. The van der Waals surface area contributed by atoms with Crippen molar-refractivity contribution in [3.8, 4) is 0 Å². The van der Waals surface area contributed by atoms with Gasteiger partial charge >= 0.3 is 0 Å². The van der Waals surface area contributed by atoms with Gasteiger partial charge in [-0.15, -0.1) is 11.3 Å². The van der Waals surface area contributed by atoms with Crippen LogP contribution in [0.2, 0.25) is 0 Å². The van der Waals surface area contributed by atoms with Crippen LogP contribution in [0.4, 0.5) is 0 Å².